The number of phenols is 1. The second-order valence-electron chi connectivity index (χ2n) is 7.77. The van der Waals surface area contributed by atoms with Crippen molar-refractivity contribution in [3.8, 4) is 17.2 Å². The molecule has 2 fully saturated rings. The first-order valence-electron chi connectivity index (χ1n) is 10.4. The average molecular weight is 446 g/mol. The minimum absolute atomic E-state index is 0.0209. The number of phenolic OH excluding ortho intramolecular Hbond substituents is 1. The van der Waals surface area contributed by atoms with Crippen LogP contribution in [0.5, 0.6) is 17.2 Å². The van der Waals surface area contributed by atoms with Crippen LogP contribution in [-0.4, -0.2) is 37.2 Å². The molecule has 168 valence electrons. The van der Waals surface area contributed by atoms with Crippen LogP contribution in [0.3, 0.4) is 0 Å². The van der Waals surface area contributed by atoms with Crippen LogP contribution in [-0.2, 0) is 14.4 Å². The van der Waals surface area contributed by atoms with Gasteiger partial charge in [0.15, 0.2) is 17.6 Å². The van der Waals surface area contributed by atoms with E-state index in [4.69, 9.17) is 14.3 Å². The Morgan fingerprint density at radius 1 is 0.848 bits per heavy atom. The van der Waals surface area contributed by atoms with E-state index >= 15 is 0 Å². The van der Waals surface area contributed by atoms with Gasteiger partial charge in [0.1, 0.15) is 11.7 Å². The van der Waals surface area contributed by atoms with Gasteiger partial charge in [-0.15, -0.1) is 0 Å². The van der Waals surface area contributed by atoms with Gasteiger partial charge in [-0.25, -0.2) is 9.96 Å². The monoisotopic (exact) mass is 446 g/mol. The van der Waals surface area contributed by atoms with E-state index < -0.39 is 24.0 Å². The number of hydrogen-bond acceptors (Lipinski definition) is 7. The minimum Gasteiger partial charge on any atom is -0.504 e. The number of imide groups is 1. The molecule has 2 amide bonds. The number of nitrogens with zero attached hydrogens (tertiary/aromatic N) is 2. The molecular formula is C25H22N2O6. The summed E-state index contributed by atoms with van der Waals surface area (Å²) in [6, 6.07) is 20.4. The fourth-order valence-electron chi connectivity index (χ4n) is 4.48. The molecule has 8 nitrogen and oxygen atoms in total. The Kier molecular flexibility index (Phi) is 5.14. The quantitative estimate of drug-likeness (QED) is 0.601. The number of hydroxylamine groups is 1. The van der Waals surface area contributed by atoms with Crippen molar-refractivity contribution in [2.75, 3.05) is 24.2 Å². The molecule has 3 aromatic carbocycles. The fraction of sp³-hybridized carbons (Fsp3) is 0.200. The van der Waals surface area contributed by atoms with Gasteiger partial charge < -0.3 is 14.6 Å². The molecule has 3 aromatic rings. The zero-order chi connectivity index (χ0) is 23.1. The Bertz CT molecular complexity index is 1210. The highest BCUT2D eigenvalue weighted by molar-refractivity contribution is 6.24. The SMILES string of the molecule is COc1cc([C@@H]2[C@H]3C(=O)N(c4ccccc4OC)C(=O)[C@H]3ON2c2ccccc2)ccc1O. The van der Waals surface area contributed by atoms with Gasteiger partial charge in [-0.05, 0) is 42.0 Å². The second-order valence-corrected chi connectivity index (χ2v) is 7.77. The third-order valence-corrected chi connectivity index (χ3v) is 6.00. The summed E-state index contributed by atoms with van der Waals surface area (Å²) in [6.45, 7) is 0. The number of hydrogen-bond donors (Lipinski definition) is 1. The molecule has 0 radical (unpaired) electrons. The molecule has 0 unspecified atom stereocenters. The van der Waals surface area contributed by atoms with E-state index in [1.54, 1.807) is 41.5 Å². The lowest BCUT2D eigenvalue weighted by Gasteiger charge is -2.29. The van der Waals surface area contributed by atoms with Crippen molar-refractivity contribution in [1.29, 1.82) is 0 Å². The number of fused-ring (bicyclic) bond motifs is 1. The van der Waals surface area contributed by atoms with E-state index in [9.17, 15) is 14.7 Å². The molecule has 3 atom stereocenters. The summed E-state index contributed by atoms with van der Waals surface area (Å²) >= 11 is 0. The van der Waals surface area contributed by atoms with Gasteiger partial charge in [0, 0.05) is 0 Å². The molecule has 0 aliphatic carbocycles. The van der Waals surface area contributed by atoms with Crippen LogP contribution < -0.4 is 19.4 Å². The second kappa shape index (κ2) is 8.14. The van der Waals surface area contributed by atoms with Crippen LogP contribution in [0.1, 0.15) is 11.6 Å². The van der Waals surface area contributed by atoms with Gasteiger partial charge in [0.25, 0.3) is 5.91 Å². The van der Waals surface area contributed by atoms with Gasteiger partial charge in [-0.2, -0.15) is 0 Å². The summed E-state index contributed by atoms with van der Waals surface area (Å²) in [4.78, 5) is 34.4. The number of anilines is 2. The van der Waals surface area contributed by atoms with Crippen LogP contribution in [0.25, 0.3) is 0 Å². The van der Waals surface area contributed by atoms with E-state index in [1.807, 2.05) is 30.3 Å². The first kappa shape index (κ1) is 20.8. The van der Waals surface area contributed by atoms with Crippen molar-refractivity contribution in [1.82, 2.24) is 0 Å². The summed E-state index contributed by atoms with van der Waals surface area (Å²) < 4.78 is 10.7. The maximum absolute atomic E-state index is 13.7. The highest BCUT2D eigenvalue weighted by atomic mass is 16.7. The van der Waals surface area contributed by atoms with Crippen molar-refractivity contribution in [2.24, 2.45) is 5.92 Å². The lowest BCUT2D eigenvalue weighted by molar-refractivity contribution is -0.126. The smallest absolute Gasteiger partial charge is 0.266 e. The predicted octanol–water partition coefficient (Wildman–Crippen LogP) is 3.46. The standard InChI is InChI=1S/C25H22N2O6/c1-31-19-11-7-6-10-17(19)26-24(29)21-22(15-12-13-18(28)20(14-15)32-2)27(33-23(21)25(26)30)16-8-4-3-5-9-16/h3-14,21-23,28H,1-2H3/t21-,22-,23+/m1/s1. The number of carbonyl (C=O) groups excluding carboxylic acids is 2. The van der Waals surface area contributed by atoms with E-state index in [0.29, 0.717) is 22.7 Å². The molecule has 0 bridgehead atoms. The third-order valence-electron chi connectivity index (χ3n) is 6.00. The van der Waals surface area contributed by atoms with Crippen molar-refractivity contribution in [2.45, 2.75) is 12.1 Å². The van der Waals surface area contributed by atoms with Crippen LogP contribution in [0.4, 0.5) is 11.4 Å². The molecule has 2 heterocycles. The summed E-state index contributed by atoms with van der Waals surface area (Å²) in [6.07, 6.45) is -1.01. The number of amides is 2. The molecule has 2 saturated heterocycles. The summed E-state index contributed by atoms with van der Waals surface area (Å²) in [5, 5.41) is 11.7. The van der Waals surface area contributed by atoms with E-state index in [0.717, 1.165) is 4.90 Å². The largest absolute Gasteiger partial charge is 0.504 e. The number of carbonyl (C=O) groups is 2. The number of benzene rings is 3. The molecule has 8 heteroatoms. The summed E-state index contributed by atoms with van der Waals surface area (Å²) in [5.74, 6) is -0.984. The number of methoxy groups -OCH3 is 2. The van der Waals surface area contributed by atoms with E-state index in [2.05, 4.69) is 0 Å². The van der Waals surface area contributed by atoms with Crippen LogP contribution in [0, 0.1) is 5.92 Å². The van der Waals surface area contributed by atoms with Gasteiger partial charge >= 0.3 is 0 Å². The molecule has 0 aromatic heterocycles. The molecule has 2 aliphatic heterocycles. The fourth-order valence-corrected chi connectivity index (χ4v) is 4.48. The van der Waals surface area contributed by atoms with Gasteiger partial charge in [-0.1, -0.05) is 36.4 Å². The molecule has 1 N–H and O–H groups in total. The van der Waals surface area contributed by atoms with Crippen molar-refractivity contribution in [3.63, 3.8) is 0 Å². The average Bonchev–Trinajstić information content (AvgIpc) is 3.36. The van der Waals surface area contributed by atoms with Crippen LogP contribution in [0.15, 0.2) is 72.8 Å². The predicted molar refractivity (Wildman–Crippen MR) is 120 cm³/mol. The summed E-state index contributed by atoms with van der Waals surface area (Å²) in [7, 11) is 2.94. The van der Waals surface area contributed by atoms with Gasteiger partial charge in [0.2, 0.25) is 5.91 Å². The maximum atomic E-state index is 13.7. The van der Waals surface area contributed by atoms with Gasteiger partial charge in [-0.3, -0.25) is 14.4 Å². The van der Waals surface area contributed by atoms with Crippen LogP contribution >= 0.6 is 0 Å². The molecule has 2 aliphatic rings. The maximum Gasteiger partial charge on any atom is 0.266 e. The zero-order valence-corrected chi connectivity index (χ0v) is 18.0. The number of rotatable bonds is 5. The number of aromatic hydroxyl groups is 1. The zero-order valence-electron chi connectivity index (χ0n) is 18.0. The molecule has 0 spiro atoms. The van der Waals surface area contributed by atoms with Crippen LogP contribution in [0.2, 0.25) is 0 Å². The van der Waals surface area contributed by atoms with E-state index in [-0.39, 0.29) is 17.4 Å². The Morgan fingerprint density at radius 2 is 1.55 bits per heavy atom. The first-order chi connectivity index (χ1) is 16.0. The van der Waals surface area contributed by atoms with Gasteiger partial charge in [0.05, 0.1) is 31.6 Å². The first-order valence-corrected chi connectivity index (χ1v) is 10.4. The Balaban J connectivity index is 1.62. The highest BCUT2D eigenvalue weighted by Crippen LogP contribution is 2.49. The minimum atomic E-state index is -1.01. The molecule has 33 heavy (non-hydrogen) atoms. The normalized spacial score (nSPS) is 21.9. The molecular weight excluding hydrogens is 424 g/mol. The number of para-hydroxylation sites is 3. The highest BCUT2D eigenvalue weighted by Gasteiger charge is 2.60. The summed E-state index contributed by atoms with van der Waals surface area (Å²) in [5.41, 5.74) is 1.75. The lowest BCUT2D eigenvalue weighted by atomic mass is 9.90. The van der Waals surface area contributed by atoms with Crippen molar-refractivity contribution < 1.29 is 29.0 Å². The Hall–Kier alpha value is -4.04. The number of ether oxygens (including phenoxy) is 2. The van der Waals surface area contributed by atoms with Crippen molar-refractivity contribution >= 4 is 23.2 Å². The van der Waals surface area contributed by atoms with E-state index in [1.165, 1.54) is 20.3 Å². The molecule has 5 rings (SSSR count). The molecule has 0 saturated carbocycles. The van der Waals surface area contributed by atoms with Crippen molar-refractivity contribution in [3.05, 3.63) is 78.4 Å². The Morgan fingerprint density at radius 3 is 2.27 bits per heavy atom. The Labute approximate surface area is 190 Å². The lowest BCUT2D eigenvalue weighted by Crippen LogP contribution is -2.37. The topological polar surface area (TPSA) is 88.5 Å². The third kappa shape index (κ3) is 3.27.